The average molecular weight is 334 g/mol. The number of anilines is 1. The number of rotatable bonds is 5. The van der Waals surface area contributed by atoms with E-state index < -0.39 is 0 Å². The van der Waals surface area contributed by atoms with Crippen LogP contribution in [-0.2, 0) is 4.79 Å². The van der Waals surface area contributed by atoms with Crippen LogP contribution in [0.1, 0.15) is 5.56 Å². The molecule has 0 spiro atoms. The van der Waals surface area contributed by atoms with E-state index in [1.54, 1.807) is 38.6 Å². The molecule has 0 bridgehead atoms. The Morgan fingerprint density at radius 3 is 2.64 bits per heavy atom. The summed E-state index contributed by atoms with van der Waals surface area (Å²) in [7, 11) is 3.16. The maximum absolute atomic E-state index is 12.2. The number of fused-ring (bicyclic) bond motifs is 1. The van der Waals surface area contributed by atoms with Crippen LogP contribution in [-0.4, -0.2) is 25.1 Å². The third-order valence-electron chi connectivity index (χ3n) is 3.74. The predicted octanol–water partition coefficient (Wildman–Crippen LogP) is 3.90. The summed E-state index contributed by atoms with van der Waals surface area (Å²) in [5, 5.41) is 3.79. The summed E-state index contributed by atoms with van der Waals surface area (Å²) in [4.78, 5) is 16.5. The SMILES string of the molecule is COc1ccc(/C=C/C(=O)Nc2ccnc3ccccc23)cc1OC. The van der Waals surface area contributed by atoms with Crippen molar-refractivity contribution in [3.63, 3.8) is 0 Å². The summed E-state index contributed by atoms with van der Waals surface area (Å²) in [6.07, 6.45) is 4.88. The van der Waals surface area contributed by atoms with Gasteiger partial charge in [-0.1, -0.05) is 24.3 Å². The Morgan fingerprint density at radius 2 is 1.84 bits per heavy atom. The Kier molecular flexibility index (Phi) is 4.95. The van der Waals surface area contributed by atoms with E-state index in [0.29, 0.717) is 11.5 Å². The summed E-state index contributed by atoms with van der Waals surface area (Å²) in [5.41, 5.74) is 2.41. The predicted molar refractivity (Wildman–Crippen MR) is 99.0 cm³/mol. The number of methoxy groups -OCH3 is 2. The van der Waals surface area contributed by atoms with Gasteiger partial charge < -0.3 is 14.8 Å². The molecule has 0 aliphatic heterocycles. The lowest BCUT2D eigenvalue weighted by molar-refractivity contribution is -0.111. The van der Waals surface area contributed by atoms with Crippen LogP contribution < -0.4 is 14.8 Å². The number of nitrogens with zero attached hydrogens (tertiary/aromatic N) is 1. The van der Waals surface area contributed by atoms with E-state index in [1.807, 2.05) is 36.4 Å². The van der Waals surface area contributed by atoms with Crippen molar-refractivity contribution in [1.82, 2.24) is 4.98 Å². The fourth-order valence-electron chi connectivity index (χ4n) is 2.51. The first-order chi connectivity index (χ1) is 12.2. The van der Waals surface area contributed by atoms with E-state index in [1.165, 1.54) is 6.08 Å². The van der Waals surface area contributed by atoms with Gasteiger partial charge in [0.2, 0.25) is 5.91 Å². The number of nitrogens with one attached hydrogen (secondary N) is 1. The van der Waals surface area contributed by atoms with Gasteiger partial charge in [-0.15, -0.1) is 0 Å². The zero-order valence-electron chi connectivity index (χ0n) is 14.0. The summed E-state index contributed by atoms with van der Waals surface area (Å²) in [5.74, 6) is 1.05. The van der Waals surface area contributed by atoms with Gasteiger partial charge in [0.1, 0.15) is 0 Å². The zero-order chi connectivity index (χ0) is 17.6. The molecule has 25 heavy (non-hydrogen) atoms. The molecule has 126 valence electrons. The molecule has 3 rings (SSSR count). The highest BCUT2D eigenvalue weighted by Gasteiger charge is 2.05. The van der Waals surface area contributed by atoms with E-state index in [4.69, 9.17) is 9.47 Å². The molecule has 0 radical (unpaired) electrons. The minimum atomic E-state index is -0.217. The van der Waals surface area contributed by atoms with Gasteiger partial charge in [0.05, 0.1) is 25.4 Å². The van der Waals surface area contributed by atoms with Crippen LogP contribution in [0.5, 0.6) is 11.5 Å². The second kappa shape index (κ2) is 7.49. The van der Waals surface area contributed by atoms with Gasteiger partial charge in [0.15, 0.2) is 11.5 Å². The highest BCUT2D eigenvalue weighted by Crippen LogP contribution is 2.28. The molecule has 5 heteroatoms. The zero-order valence-corrected chi connectivity index (χ0v) is 14.0. The first kappa shape index (κ1) is 16.5. The summed E-state index contributed by atoms with van der Waals surface area (Å²) < 4.78 is 10.5. The number of para-hydroxylation sites is 1. The van der Waals surface area contributed by atoms with Gasteiger partial charge in [-0.25, -0.2) is 0 Å². The van der Waals surface area contributed by atoms with Crippen molar-refractivity contribution in [2.45, 2.75) is 0 Å². The Balaban J connectivity index is 1.77. The number of hydrogen-bond donors (Lipinski definition) is 1. The highest BCUT2D eigenvalue weighted by atomic mass is 16.5. The molecule has 1 N–H and O–H groups in total. The van der Waals surface area contributed by atoms with E-state index in [2.05, 4.69) is 10.3 Å². The molecule has 1 aromatic heterocycles. The van der Waals surface area contributed by atoms with Crippen LogP contribution in [0.3, 0.4) is 0 Å². The standard InChI is InChI=1S/C20H18N2O3/c1-24-18-9-7-14(13-19(18)25-2)8-10-20(23)22-17-11-12-21-16-6-4-3-5-15(16)17/h3-13H,1-2H3,(H,21,22,23)/b10-8+. The maximum Gasteiger partial charge on any atom is 0.248 e. The van der Waals surface area contributed by atoms with Gasteiger partial charge in [0.25, 0.3) is 0 Å². The second-order valence-corrected chi connectivity index (χ2v) is 5.31. The first-order valence-corrected chi connectivity index (χ1v) is 7.76. The smallest absolute Gasteiger partial charge is 0.248 e. The minimum absolute atomic E-state index is 0.217. The van der Waals surface area contributed by atoms with Gasteiger partial charge in [-0.3, -0.25) is 9.78 Å². The number of ether oxygens (including phenoxy) is 2. The molecule has 5 nitrogen and oxygen atoms in total. The minimum Gasteiger partial charge on any atom is -0.493 e. The van der Waals surface area contributed by atoms with Crippen LogP contribution in [0.2, 0.25) is 0 Å². The average Bonchev–Trinajstić information content (AvgIpc) is 2.66. The molecule has 0 fully saturated rings. The van der Waals surface area contributed by atoms with E-state index in [9.17, 15) is 4.79 Å². The van der Waals surface area contributed by atoms with Crippen LogP contribution in [0.4, 0.5) is 5.69 Å². The van der Waals surface area contributed by atoms with Crippen molar-refractivity contribution in [3.05, 3.63) is 66.4 Å². The number of pyridine rings is 1. The first-order valence-electron chi connectivity index (χ1n) is 7.76. The summed E-state index contributed by atoms with van der Waals surface area (Å²) in [6.45, 7) is 0. The molecule has 0 saturated heterocycles. The molecule has 0 aliphatic carbocycles. The molecule has 0 unspecified atom stereocenters. The largest absolute Gasteiger partial charge is 0.493 e. The third kappa shape index (κ3) is 3.77. The number of benzene rings is 2. The summed E-state index contributed by atoms with van der Waals surface area (Å²) in [6, 6.07) is 14.9. The van der Waals surface area contributed by atoms with Gasteiger partial charge in [-0.05, 0) is 35.9 Å². The van der Waals surface area contributed by atoms with Gasteiger partial charge >= 0.3 is 0 Å². The molecule has 0 atom stereocenters. The van der Waals surface area contributed by atoms with E-state index in [0.717, 1.165) is 22.2 Å². The monoisotopic (exact) mass is 334 g/mol. The molecular weight excluding hydrogens is 316 g/mol. The van der Waals surface area contributed by atoms with Crippen molar-refractivity contribution in [2.75, 3.05) is 19.5 Å². The quantitative estimate of drug-likeness (QED) is 0.719. The molecule has 3 aromatic rings. The number of amides is 1. The van der Waals surface area contributed by atoms with Crippen LogP contribution in [0.25, 0.3) is 17.0 Å². The lowest BCUT2D eigenvalue weighted by atomic mass is 10.1. The van der Waals surface area contributed by atoms with Crippen molar-refractivity contribution >= 4 is 28.6 Å². The van der Waals surface area contributed by atoms with Gasteiger partial charge in [0, 0.05) is 17.7 Å². The van der Waals surface area contributed by atoms with Crippen molar-refractivity contribution < 1.29 is 14.3 Å². The van der Waals surface area contributed by atoms with Crippen LogP contribution in [0.15, 0.2) is 60.8 Å². The lowest BCUT2D eigenvalue weighted by Crippen LogP contribution is -2.08. The van der Waals surface area contributed by atoms with Crippen molar-refractivity contribution in [3.8, 4) is 11.5 Å². The number of carbonyl (C=O) groups is 1. The molecule has 0 aliphatic rings. The van der Waals surface area contributed by atoms with Crippen LogP contribution in [0, 0.1) is 0 Å². The lowest BCUT2D eigenvalue weighted by Gasteiger charge is -2.08. The number of carbonyl (C=O) groups excluding carboxylic acids is 1. The molecule has 1 heterocycles. The third-order valence-corrected chi connectivity index (χ3v) is 3.74. The fraction of sp³-hybridized carbons (Fsp3) is 0.100. The van der Waals surface area contributed by atoms with E-state index >= 15 is 0 Å². The van der Waals surface area contributed by atoms with Gasteiger partial charge in [-0.2, -0.15) is 0 Å². The number of hydrogen-bond acceptors (Lipinski definition) is 4. The second-order valence-electron chi connectivity index (χ2n) is 5.31. The molecule has 1 amide bonds. The number of aromatic nitrogens is 1. The Labute approximate surface area is 145 Å². The topological polar surface area (TPSA) is 60.5 Å². The molecule has 0 saturated carbocycles. The molecular formula is C20H18N2O3. The van der Waals surface area contributed by atoms with Crippen LogP contribution >= 0.6 is 0 Å². The Bertz CT molecular complexity index is 930. The van der Waals surface area contributed by atoms with Crippen molar-refractivity contribution in [1.29, 1.82) is 0 Å². The normalized spacial score (nSPS) is 10.8. The van der Waals surface area contributed by atoms with E-state index in [-0.39, 0.29) is 5.91 Å². The highest BCUT2D eigenvalue weighted by molar-refractivity contribution is 6.06. The summed E-state index contributed by atoms with van der Waals surface area (Å²) >= 11 is 0. The van der Waals surface area contributed by atoms with Crippen molar-refractivity contribution in [2.24, 2.45) is 0 Å². The molecule has 2 aromatic carbocycles. The fourth-order valence-corrected chi connectivity index (χ4v) is 2.51. The Hall–Kier alpha value is -3.34. The maximum atomic E-state index is 12.2. The Morgan fingerprint density at radius 1 is 1.04 bits per heavy atom.